The summed E-state index contributed by atoms with van der Waals surface area (Å²) in [6.07, 6.45) is 1.01. The van der Waals surface area contributed by atoms with Gasteiger partial charge in [-0.2, -0.15) is 0 Å². The van der Waals surface area contributed by atoms with E-state index in [1.165, 1.54) is 6.07 Å². The zero-order chi connectivity index (χ0) is 20.8. The van der Waals surface area contributed by atoms with Crippen LogP contribution in [0.2, 0.25) is 0 Å². The molecule has 0 unspecified atom stereocenters. The maximum Gasteiger partial charge on any atom is 0.257 e. The third kappa shape index (κ3) is 5.22. The van der Waals surface area contributed by atoms with Gasteiger partial charge in [0.1, 0.15) is 5.75 Å². The molecule has 0 spiro atoms. The highest BCUT2D eigenvalue weighted by molar-refractivity contribution is 5.98. The van der Waals surface area contributed by atoms with Gasteiger partial charge < -0.3 is 14.9 Å². The van der Waals surface area contributed by atoms with Crippen LogP contribution < -0.4 is 0 Å². The second-order valence-corrected chi connectivity index (χ2v) is 7.33. The van der Waals surface area contributed by atoms with Gasteiger partial charge in [-0.25, -0.2) is 0 Å². The van der Waals surface area contributed by atoms with Gasteiger partial charge in [0.05, 0.1) is 5.56 Å². The van der Waals surface area contributed by atoms with Crippen LogP contribution in [0.15, 0.2) is 48.5 Å². The number of benzene rings is 2. The molecule has 0 aliphatic carbocycles. The van der Waals surface area contributed by atoms with Gasteiger partial charge >= 0.3 is 0 Å². The number of aryl methyl sites for hydroxylation is 1. The van der Waals surface area contributed by atoms with E-state index in [4.69, 9.17) is 0 Å². The van der Waals surface area contributed by atoms with Gasteiger partial charge in [0.2, 0.25) is 5.91 Å². The third-order valence-corrected chi connectivity index (χ3v) is 5.21. The van der Waals surface area contributed by atoms with Crippen LogP contribution in [0.1, 0.15) is 45.5 Å². The van der Waals surface area contributed by atoms with E-state index < -0.39 is 0 Å². The summed E-state index contributed by atoms with van der Waals surface area (Å²) in [5.74, 6) is -0.372. The molecule has 2 aromatic rings. The van der Waals surface area contributed by atoms with Crippen molar-refractivity contribution in [2.75, 3.05) is 26.2 Å². The molecule has 29 heavy (non-hydrogen) atoms. The lowest BCUT2D eigenvalue weighted by molar-refractivity contribution is -0.131. The molecule has 1 aliphatic rings. The molecule has 0 saturated carbocycles. The SMILES string of the molecule is Cc1ccc(C(=O)CCC(=O)N2CCCN(C(=O)c3ccccc3O)CC2)cc1. The van der Waals surface area contributed by atoms with Crippen LogP contribution in [-0.4, -0.2) is 58.7 Å². The molecule has 152 valence electrons. The topological polar surface area (TPSA) is 77.9 Å². The van der Waals surface area contributed by atoms with Gasteiger partial charge in [-0.3, -0.25) is 14.4 Å². The summed E-state index contributed by atoms with van der Waals surface area (Å²) in [4.78, 5) is 40.9. The minimum Gasteiger partial charge on any atom is -0.507 e. The van der Waals surface area contributed by atoms with E-state index in [9.17, 15) is 19.5 Å². The van der Waals surface area contributed by atoms with E-state index in [0.29, 0.717) is 38.2 Å². The maximum absolute atomic E-state index is 12.7. The first-order valence-corrected chi connectivity index (χ1v) is 9.90. The van der Waals surface area contributed by atoms with Crippen LogP contribution in [0.4, 0.5) is 0 Å². The fraction of sp³-hybridized carbons (Fsp3) is 0.348. The van der Waals surface area contributed by atoms with Crippen molar-refractivity contribution < 1.29 is 19.5 Å². The average Bonchev–Trinajstić information content (AvgIpc) is 2.98. The summed E-state index contributed by atoms with van der Waals surface area (Å²) in [6, 6.07) is 13.8. The summed E-state index contributed by atoms with van der Waals surface area (Å²) in [5, 5.41) is 9.91. The molecule has 1 aliphatic heterocycles. The molecule has 6 nitrogen and oxygen atoms in total. The predicted octanol–water partition coefficient (Wildman–Crippen LogP) is 3.04. The highest BCUT2D eigenvalue weighted by Crippen LogP contribution is 2.19. The Morgan fingerprint density at radius 3 is 2.24 bits per heavy atom. The zero-order valence-corrected chi connectivity index (χ0v) is 16.6. The summed E-state index contributed by atoms with van der Waals surface area (Å²) < 4.78 is 0. The molecule has 0 radical (unpaired) electrons. The van der Waals surface area contributed by atoms with Crippen molar-refractivity contribution in [1.82, 2.24) is 9.80 Å². The summed E-state index contributed by atoms with van der Waals surface area (Å²) in [7, 11) is 0. The molecule has 1 N–H and O–H groups in total. The minimum absolute atomic E-state index is 0.0375. The van der Waals surface area contributed by atoms with Crippen molar-refractivity contribution in [2.24, 2.45) is 0 Å². The number of phenolic OH excluding ortho intramolecular Hbond substituents is 1. The maximum atomic E-state index is 12.7. The van der Waals surface area contributed by atoms with Gasteiger partial charge in [-0.15, -0.1) is 0 Å². The smallest absolute Gasteiger partial charge is 0.257 e. The Morgan fingerprint density at radius 1 is 0.862 bits per heavy atom. The monoisotopic (exact) mass is 394 g/mol. The van der Waals surface area contributed by atoms with Crippen molar-refractivity contribution in [1.29, 1.82) is 0 Å². The average molecular weight is 394 g/mol. The van der Waals surface area contributed by atoms with Gasteiger partial charge in [-0.1, -0.05) is 42.0 Å². The fourth-order valence-electron chi connectivity index (χ4n) is 3.46. The minimum atomic E-state index is -0.230. The molecule has 6 heteroatoms. The zero-order valence-electron chi connectivity index (χ0n) is 16.6. The van der Waals surface area contributed by atoms with Crippen LogP contribution in [-0.2, 0) is 4.79 Å². The van der Waals surface area contributed by atoms with Crippen molar-refractivity contribution in [3.63, 3.8) is 0 Å². The van der Waals surface area contributed by atoms with Crippen LogP contribution in [0.25, 0.3) is 0 Å². The predicted molar refractivity (Wildman–Crippen MR) is 110 cm³/mol. The molecular weight excluding hydrogens is 368 g/mol. The third-order valence-electron chi connectivity index (χ3n) is 5.21. The van der Waals surface area contributed by atoms with Crippen LogP contribution in [0, 0.1) is 6.92 Å². The van der Waals surface area contributed by atoms with Crippen LogP contribution in [0.5, 0.6) is 5.75 Å². The van der Waals surface area contributed by atoms with Gasteiger partial charge in [0.25, 0.3) is 5.91 Å². The first-order chi connectivity index (χ1) is 14.0. The van der Waals surface area contributed by atoms with E-state index in [1.807, 2.05) is 19.1 Å². The summed E-state index contributed by atoms with van der Waals surface area (Å²) in [5.41, 5.74) is 1.99. The number of hydrogen-bond donors (Lipinski definition) is 1. The number of para-hydroxylation sites is 1. The van der Waals surface area contributed by atoms with Gasteiger partial charge in [0.15, 0.2) is 5.78 Å². The van der Waals surface area contributed by atoms with Crippen molar-refractivity contribution in [3.8, 4) is 5.75 Å². The quantitative estimate of drug-likeness (QED) is 0.791. The summed E-state index contributed by atoms with van der Waals surface area (Å²) in [6.45, 7) is 3.88. The highest BCUT2D eigenvalue weighted by atomic mass is 16.3. The number of Topliss-reactive ketones (excluding diaryl/α,β-unsaturated/α-hetero) is 1. The Labute approximate surface area is 170 Å². The Hall–Kier alpha value is -3.15. The Bertz CT molecular complexity index is 892. The first kappa shape index (κ1) is 20.6. The molecule has 2 amide bonds. The van der Waals surface area contributed by atoms with E-state index in [0.717, 1.165) is 5.56 Å². The molecular formula is C23H26N2O4. The molecule has 1 heterocycles. The van der Waals surface area contributed by atoms with E-state index >= 15 is 0 Å². The lowest BCUT2D eigenvalue weighted by Gasteiger charge is -2.22. The van der Waals surface area contributed by atoms with E-state index in [-0.39, 0.29) is 41.8 Å². The molecule has 3 rings (SSSR count). The fourth-order valence-corrected chi connectivity index (χ4v) is 3.46. The number of rotatable bonds is 5. The number of phenols is 1. The normalized spacial score (nSPS) is 14.4. The Balaban J connectivity index is 1.53. The largest absolute Gasteiger partial charge is 0.507 e. The highest BCUT2D eigenvalue weighted by Gasteiger charge is 2.24. The molecule has 2 aromatic carbocycles. The number of hydrogen-bond acceptors (Lipinski definition) is 4. The van der Waals surface area contributed by atoms with Crippen molar-refractivity contribution in [3.05, 3.63) is 65.2 Å². The number of aromatic hydroxyl groups is 1. The molecule has 0 aromatic heterocycles. The van der Waals surface area contributed by atoms with Gasteiger partial charge in [-0.05, 0) is 25.5 Å². The van der Waals surface area contributed by atoms with Crippen LogP contribution >= 0.6 is 0 Å². The van der Waals surface area contributed by atoms with Crippen LogP contribution in [0.3, 0.4) is 0 Å². The lowest BCUT2D eigenvalue weighted by atomic mass is 10.0. The summed E-state index contributed by atoms with van der Waals surface area (Å²) >= 11 is 0. The first-order valence-electron chi connectivity index (χ1n) is 9.90. The molecule has 1 saturated heterocycles. The number of amides is 2. The standard InChI is InChI=1S/C23H26N2O4/c1-17-7-9-18(10-8-17)20(26)11-12-22(28)24-13-4-14-25(16-15-24)23(29)19-5-2-3-6-21(19)27/h2-3,5-10,27H,4,11-16H2,1H3. The number of carbonyl (C=O) groups is 3. The molecule has 0 atom stereocenters. The number of ketones is 1. The van der Waals surface area contributed by atoms with E-state index in [1.54, 1.807) is 40.1 Å². The van der Waals surface area contributed by atoms with E-state index in [2.05, 4.69) is 0 Å². The number of nitrogens with zero attached hydrogens (tertiary/aromatic N) is 2. The second-order valence-electron chi connectivity index (χ2n) is 7.33. The number of carbonyl (C=O) groups excluding carboxylic acids is 3. The van der Waals surface area contributed by atoms with Crippen molar-refractivity contribution in [2.45, 2.75) is 26.2 Å². The Kier molecular flexibility index (Phi) is 6.65. The van der Waals surface area contributed by atoms with Gasteiger partial charge in [0, 0.05) is 44.6 Å². The molecule has 0 bridgehead atoms. The lowest BCUT2D eigenvalue weighted by Crippen LogP contribution is -2.37. The second kappa shape index (κ2) is 9.37. The Morgan fingerprint density at radius 2 is 1.52 bits per heavy atom. The molecule has 1 fully saturated rings. The van der Waals surface area contributed by atoms with Crippen molar-refractivity contribution >= 4 is 17.6 Å².